The van der Waals surface area contributed by atoms with Gasteiger partial charge in [0.1, 0.15) is 10.9 Å². The fourth-order valence-electron chi connectivity index (χ4n) is 1.56. The Kier molecular flexibility index (Phi) is 5.75. The van der Waals surface area contributed by atoms with Crippen molar-refractivity contribution in [2.75, 3.05) is 12.8 Å². The van der Waals surface area contributed by atoms with Crippen LogP contribution in [0, 0.1) is 6.92 Å². The lowest BCUT2D eigenvalue weighted by molar-refractivity contribution is 0.0919. The fourth-order valence-corrected chi connectivity index (χ4v) is 2.19. The first-order chi connectivity index (χ1) is 8.86. The number of nitrogens with one attached hydrogen (secondary N) is 1. The van der Waals surface area contributed by atoms with Crippen molar-refractivity contribution in [1.29, 1.82) is 0 Å². The van der Waals surface area contributed by atoms with Gasteiger partial charge in [-0.1, -0.05) is 13.8 Å². The molecule has 1 aromatic rings. The molecule has 0 unspecified atom stereocenters. The van der Waals surface area contributed by atoms with E-state index >= 15 is 0 Å². The van der Waals surface area contributed by atoms with Crippen LogP contribution in [0.25, 0.3) is 0 Å². The molecule has 19 heavy (non-hydrogen) atoms. The molecule has 1 atom stereocenters. The number of rotatable bonds is 5. The van der Waals surface area contributed by atoms with Crippen LogP contribution in [0.1, 0.15) is 48.6 Å². The number of aliphatic hydroxyl groups is 1. The predicted molar refractivity (Wildman–Crippen MR) is 76.7 cm³/mol. The van der Waals surface area contributed by atoms with Crippen molar-refractivity contribution >= 4 is 17.7 Å². The number of thioether (sulfide) groups is 1. The zero-order valence-electron chi connectivity index (χ0n) is 12.0. The number of hydrogen-bond acceptors (Lipinski definition) is 5. The minimum absolute atomic E-state index is 0.220. The van der Waals surface area contributed by atoms with Crippen LogP contribution < -0.4 is 5.32 Å². The van der Waals surface area contributed by atoms with E-state index in [4.69, 9.17) is 0 Å². The van der Waals surface area contributed by atoms with E-state index in [2.05, 4.69) is 15.3 Å². The molecule has 1 rings (SSSR count). The van der Waals surface area contributed by atoms with Crippen LogP contribution in [0.4, 0.5) is 0 Å². The molecule has 0 saturated heterocycles. The van der Waals surface area contributed by atoms with Gasteiger partial charge in [0, 0.05) is 12.5 Å². The van der Waals surface area contributed by atoms with Gasteiger partial charge in [-0.05, 0) is 20.1 Å². The molecule has 0 aromatic carbocycles. The Balaban J connectivity index is 3.09. The van der Waals surface area contributed by atoms with E-state index in [1.165, 1.54) is 11.8 Å². The molecule has 1 aromatic heterocycles. The molecular weight excluding hydrogens is 262 g/mol. The molecule has 1 heterocycles. The number of hydrogen-bond donors (Lipinski definition) is 2. The number of aromatic nitrogens is 2. The highest BCUT2D eigenvalue weighted by molar-refractivity contribution is 7.98. The summed E-state index contributed by atoms with van der Waals surface area (Å²) in [7, 11) is 0. The van der Waals surface area contributed by atoms with E-state index in [1.54, 1.807) is 6.92 Å². The number of aryl methyl sites for hydroxylation is 1. The molecule has 0 fully saturated rings. The van der Waals surface area contributed by atoms with Gasteiger partial charge in [-0.25, -0.2) is 9.97 Å². The lowest BCUT2D eigenvalue weighted by Gasteiger charge is -2.14. The first-order valence-corrected chi connectivity index (χ1v) is 7.48. The molecule has 0 aliphatic heterocycles. The van der Waals surface area contributed by atoms with E-state index in [-0.39, 0.29) is 18.4 Å². The van der Waals surface area contributed by atoms with Crippen LogP contribution in [-0.2, 0) is 0 Å². The summed E-state index contributed by atoms with van der Waals surface area (Å²) in [5.41, 5.74) is 1.17. The average Bonchev–Trinajstić information content (AvgIpc) is 2.34. The predicted octanol–water partition coefficient (Wildman–Crippen LogP) is 1.74. The Morgan fingerprint density at radius 1 is 1.37 bits per heavy atom. The number of carbonyl (C=O) groups excluding carboxylic acids is 1. The van der Waals surface area contributed by atoms with Crippen LogP contribution in [0.3, 0.4) is 0 Å². The lowest BCUT2D eigenvalue weighted by atomic mass is 10.1. The summed E-state index contributed by atoms with van der Waals surface area (Å²) in [6.07, 6.45) is 1.31. The van der Waals surface area contributed by atoms with E-state index in [1.807, 2.05) is 27.0 Å². The molecule has 0 saturated carbocycles. The smallest absolute Gasteiger partial charge is 0.255 e. The van der Waals surface area contributed by atoms with E-state index in [0.717, 1.165) is 5.82 Å². The van der Waals surface area contributed by atoms with Crippen molar-refractivity contribution in [2.24, 2.45) is 0 Å². The van der Waals surface area contributed by atoms with E-state index in [9.17, 15) is 9.90 Å². The number of aliphatic hydroxyl groups excluding tert-OH is 1. The maximum Gasteiger partial charge on any atom is 0.255 e. The van der Waals surface area contributed by atoms with Gasteiger partial charge in [0.05, 0.1) is 17.4 Å². The van der Waals surface area contributed by atoms with Gasteiger partial charge in [0.25, 0.3) is 5.91 Å². The topological polar surface area (TPSA) is 75.1 Å². The van der Waals surface area contributed by atoms with Gasteiger partial charge in [0.15, 0.2) is 0 Å². The zero-order valence-corrected chi connectivity index (χ0v) is 12.8. The normalized spacial score (nSPS) is 12.6. The van der Waals surface area contributed by atoms with Crippen LogP contribution in [0.5, 0.6) is 0 Å². The first kappa shape index (κ1) is 15.9. The van der Waals surface area contributed by atoms with E-state index in [0.29, 0.717) is 16.3 Å². The molecule has 2 N–H and O–H groups in total. The summed E-state index contributed by atoms with van der Waals surface area (Å²) in [5.74, 6) is 0.728. The highest BCUT2D eigenvalue weighted by Crippen LogP contribution is 2.22. The Labute approximate surface area is 118 Å². The van der Waals surface area contributed by atoms with Crippen molar-refractivity contribution in [1.82, 2.24) is 15.3 Å². The molecule has 0 aliphatic carbocycles. The van der Waals surface area contributed by atoms with Gasteiger partial charge in [0.2, 0.25) is 0 Å². The molecule has 5 nitrogen and oxygen atoms in total. The summed E-state index contributed by atoms with van der Waals surface area (Å²) < 4.78 is 0. The second-order valence-corrected chi connectivity index (χ2v) is 5.56. The van der Waals surface area contributed by atoms with Crippen molar-refractivity contribution in [2.45, 2.75) is 44.7 Å². The molecule has 106 valence electrons. The van der Waals surface area contributed by atoms with Gasteiger partial charge in [-0.3, -0.25) is 4.79 Å². The maximum absolute atomic E-state index is 12.1. The van der Waals surface area contributed by atoms with Gasteiger partial charge in [-0.2, -0.15) is 0 Å². The summed E-state index contributed by atoms with van der Waals surface area (Å²) in [6.45, 7) is 7.70. The molecule has 0 radical (unpaired) electrons. The standard InChI is InChI=1S/C13H21N3O2S/c1-7(2)11-15-9(4)10(13(16-11)19-5)12(18)14-6-8(3)17/h7-8,17H,6H2,1-5H3,(H,14,18)/t8-/m0/s1. The average molecular weight is 283 g/mol. The van der Waals surface area contributed by atoms with Crippen molar-refractivity contribution in [3.8, 4) is 0 Å². The first-order valence-electron chi connectivity index (χ1n) is 6.25. The Morgan fingerprint density at radius 3 is 2.47 bits per heavy atom. The van der Waals surface area contributed by atoms with Crippen molar-refractivity contribution < 1.29 is 9.90 Å². The summed E-state index contributed by atoms with van der Waals surface area (Å²) in [4.78, 5) is 20.9. The van der Waals surface area contributed by atoms with Crippen LogP contribution in [0.15, 0.2) is 5.03 Å². The van der Waals surface area contributed by atoms with Crippen molar-refractivity contribution in [3.63, 3.8) is 0 Å². The summed E-state index contributed by atoms with van der Waals surface area (Å²) in [5, 5.41) is 12.6. The van der Waals surface area contributed by atoms with E-state index < -0.39 is 6.10 Å². The minimum atomic E-state index is -0.571. The Bertz CT molecular complexity index is 461. The third-order valence-electron chi connectivity index (χ3n) is 2.57. The maximum atomic E-state index is 12.1. The van der Waals surface area contributed by atoms with Crippen LogP contribution in [0.2, 0.25) is 0 Å². The van der Waals surface area contributed by atoms with Crippen LogP contribution >= 0.6 is 11.8 Å². The molecule has 0 bridgehead atoms. The van der Waals surface area contributed by atoms with Gasteiger partial charge < -0.3 is 10.4 Å². The zero-order chi connectivity index (χ0) is 14.6. The monoisotopic (exact) mass is 283 g/mol. The largest absolute Gasteiger partial charge is 0.392 e. The second kappa shape index (κ2) is 6.86. The number of amides is 1. The Hall–Kier alpha value is -1.14. The molecule has 0 spiro atoms. The molecular formula is C13H21N3O2S. The van der Waals surface area contributed by atoms with Gasteiger partial charge >= 0.3 is 0 Å². The Morgan fingerprint density at radius 2 is 2.00 bits per heavy atom. The SMILES string of the molecule is CSc1nc(C(C)C)nc(C)c1C(=O)NC[C@H](C)O. The summed E-state index contributed by atoms with van der Waals surface area (Å²) in [6, 6.07) is 0. The molecule has 1 amide bonds. The van der Waals surface area contributed by atoms with Crippen molar-refractivity contribution in [3.05, 3.63) is 17.1 Å². The highest BCUT2D eigenvalue weighted by Gasteiger charge is 2.19. The third-order valence-corrected chi connectivity index (χ3v) is 3.25. The minimum Gasteiger partial charge on any atom is -0.392 e. The second-order valence-electron chi connectivity index (χ2n) is 4.77. The van der Waals surface area contributed by atoms with Crippen LogP contribution in [-0.4, -0.2) is 39.9 Å². The quantitative estimate of drug-likeness (QED) is 0.636. The number of carbonyl (C=O) groups is 1. The van der Waals surface area contributed by atoms with Gasteiger partial charge in [-0.15, -0.1) is 11.8 Å². The highest BCUT2D eigenvalue weighted by atomic mass is 32.2. The third kappa shape index (κ3) is 4.18. The number of nitrogens with zero attached hydrogens (tertiary/aromatic N) is 2. The summed E-state index contributed by atoms with van der Waals surface area (Å²) >= 11 is 1.43. The fraction of sp³-hybridized carbons (Fsp3) is 0.615. The molecule has 0 aliphatic rings. The molecule has 6 heteroatoms. The lowest BCUT2D eigenvalue weighted by Crippen LogP contribution is -2.32.